The molecule has 4 nitrogen and oxygen atoms in total. The average Bonchev–Trinajstić information content (AvgIpc) is 2.43. The molecule has 1 aromatic rings. The largest absolute Gasteiger partial charge is 0.369 e. The van der Waals surface area contributed by atoms with Crippen LogP contribution < -0.4 is 11.5 Å². The summed E-state index contributed by atoms with van der Waals surface area (Å²) < 4.78 is 13.9. The van der Waals surface area contributed by atoms with Crippen LogP contribution in [0.3, 0.4) is 0 Å². The molecule has 1 aromatic carbocycles. The van der Waals surface area contributed by atoms with E-state index < -0.39 is 0 Å². The minimum atomic E-state index is -0.266. The molecule has 1 fully saturated rings. The minimum absolute atomic E-state index is 0.132. The molecule has 2 atom stereocenters. The Labute approximate surface area is 118 Å². The van der Waals surface area contributed by atoms with Crippen molar-refractivity contribution in [2.24, 2.45) is 17.4 Å². The van der Waals surface area contributed by atoms with Gasteiger partial charge in [0.2, 0.25) is 5.91 Å². The molecule has 1 aliphatic rings. The Morgan fingerprint density at radius 2 is 2.20 bits per heavy atom. The number of carbonyl (C=O) groups excluding carboxylic acids is 1. The Morgan fingerprint density at radius 1 is 1.45 bits per heavy atom. The number of amides is 1. The van der Waals surface area contributed by atoms with E-state index in [-0.39, 0.29) is 17.6 Å². The quantitative estimate of drug-likeness (QED) is 0.874. The number of hydrogen-bond donors (Lipinski definition) is 2. The fraction of sp³-hybridized carbons (Fsp3) is 0.533. The van der Waals surface area contributed by atoms with E-state index in [1.165, 1.54) is 6.07 Å². The molecule has 4 N–H and O–H groups in total. The molecule has 2 unspecified atom stereocenters. The molecule has 0 aromatic heterocycles. The maximum absolute atomic E-state index is 13.9. The van der Waals surface area contributed by atoms with E-state index in [4.69, 9.17) is 11.5 Å². The van der Waals surface area contributed by atoms with Crippen LogP contribution in [0.4, 0.5) is 4.39 Å². The first-order chi connectivity index (χ1) is 9.51. The molecule has 2 rings (SSSR count). The van der Waals surface area contributed by atoms with E-state index in [1.54, 1.807) is 12.1 Å². The summed E-state index contributed by atoms with van der Waals surface area (Å²) in [6.07, 6.45) is 1.73. The molecule has 1 aliphatic heterocycles. The van der Waals surface area contributed by atoms with Gasteiger partial charge in [-0.1, -0.05) is 12.1 Å². The van der Waals surface area contributed by atoms with Crippen molar-refractivity contribution in [1.29, 1.82) is 0 Å². The van der Waals surface area contributed by atoms with Gasteiger partial charge < -0.3 is 11.5 Å². The van der Waals surface area contributed by atoms with Crippen LogP contribution in [0.1, 0.15) is 30.9 Å². The van der Waals surface area contributed by atoms with Crippen LogP contribution in [0.5, 0.6) is 0 Å². The highest BCUT2D eigenvalue weighted by Crippen LogP contribution is 2.24. The Kier molecular flexibility index (Phi) is 4.73. The van der Waals surface area contributed by atoms with Crippen molar-refractivity contribution in [3.63, 3.8) is 0 Å². The van der Waals surface area contributed by atoms with Crippen molar-refractivity contribution in [2.45, 2.75) is 38.9 Å². The monoisotopic (exact) mass is 279 g/mol. The normalized spacial score (nSPS) is 23.8. The highest BCUT2D eigenvalue weighted by molar-refractivity contribution is 5.76. The van der Waals surface area contributed by atoms with E-state index in [2.05, 4.69) is 11.8 Å². The molecule has 0 bridgehead atoms. The zero-order valence-corrected chi connectivity index (χ0v) is 11.8. The van der Waals surface area contributed by atoms with E-state index in [0.717, 1.165) is 18.4 Å². The van der Waals surface area contributed by atoms with Gasteiger partial charge in [-0.2, -0.15) is 0 Å². The molecular formula is C15H22FN3O. The number of primary amides is 1. The second kappa shape index (κ2) is 6.33. The second-order valence-electron chi connectivity index (χ2n) is 5.58. The number of nitrogens with zero attached hydrogens (tertiary/aromatic N) is 1. The average molecular weight is 279 g/mol. The Hall–Kier alpha value is -1.46. The summed E-state index contributed by atoms with van der Waals surface area (Å²) in [5.41, 5.74) is 12.5. The Morgan fingerprint density at radius 3 is 2.85 bits per heavy atom. The van der Waals surface area contributed by atoms with Crippen LogP contribution in [-0.4, -0.2) is 23.4 Å². The summed E-state index contributed by atoms with van der Waals surface area (Å²) >= 11 is 0. The van der Waals surface area contributed by atoms with Gasteiger partial charge in [-0.3, -0.25) is 9.69 Å². The summed E-state index contributed by atoms with van der Waals surface area (Å²) in [4.78, 5) is 13.5. The molecule has 0 spiro atoms. The number of halogens is 1. The van der Waals surface area contributed by atoms with E-state index >= 15 is 0 Å². The lowest BCUT2D eigenvalue weighted by Gasteiger charge is -2.37. The highest BCUT2D eigenvalue weighted by atomic mass is 19.1. The van der Waals surface area contributed by atoms with E-state index in [1.807, 2.05) is 0 Å². The van der Waals surface area contributed by atoms with Crippen LogP contribution in [-0.2, 0) is 17.9 Å². The van der Waals surface area contributed by atoms with Gasteiger partial charge in [0.05, 0.1) is 5.92 Å². The number of hydrogen-bond acceptors (Lipinski definition) is 3. The zero-order valence-electron chi connectivity index (χ0n) is 11.8. The summed E-state index contributed by atoms with van der Waals surface area (Å²) in [7, 11) is 0. The fourth-order valence-corrected chi connectivity index (χ4v) is 2.73. The standard InChI is InChI=1S/C15H22FN3O/c1-10-2-4-12(15(18)20)8-19(10)9-13-6-11(7-17)3-5-14(13)16/h3,5-6,10,12H,2,4,7-9,17H2,1H3,(H2,18,20). The summed E-state index contributed by atoms with van der Waals surface area (Å²) in [5.74, 6) is -0.624. The molecule has 1 heterocycles. The lowest BCUT2D eigenvalue weighted by molar-refractivity contribution is -0.124. The first-order valence-electron chi connectivity index (χ1n) is 7.02. The van der Waals surface area contributed by atoms with Crippen LogP contribution in [0.25, 0.3) is 0 Å². The van der Waals surface area contributed by atoms with E-state index in [9.17, 15) is 9.18 Å². The molecule has 1 saturated heterocycles. The van der Waals surface area contributed by atoms with Gasteiger partial charge in [0.15, 0.2) is 0 Å². The molecule has 1 amide bonds. The van der Waals surface area contributed by atoms with Crippen LogP contribution in [0.15, 0.2) is 18.2 Å². The summed E-state index contributed by atoms with van der Waals surface area (Å²) in [6, 6.07) is 5.28. The molecule has 0 radical (unpaired) electrons. The van der Waals surface area contributed by atoms with Crippen LogP contribution in [0.2, 0.25) is 0 Å². The van der Waals surface area contributed by atoms with Crippen molar-refractivity contribution < 1.29 is 9.18 Å². The minimum Gasteiger partial charge on any atom is -0.369 e. The molecular weight excluding hydrogens is 257 g/mol. The first-order valence-corrected chi connectivity index (χ1v) is 7.02. The SMILES string of the molecule is CC1CCC(C(N)=O)CN1Cc1cc(CN)ccc1F. The molecule has 110 valence electrons. The lowest BCUT2D eigenvalue weighted by Crippen LogP contribution is -2.45. The van der Waals surface area contributed by atoms with Gasteiger partial charge in [-0.05, 0) is 31.4 Å². The maximum atomic E-state index is 13.9. The number of likely N-dealkylation sites (tertiary alicyclic amines) is 1. The zero-order chi connectivity index (χ0) is 14.7. The van der Waals surface area contributed by atoms with Crippen molar-refractivity contribution in [3.8, 4) is 0 Å². The predicted molar refractivity (Wildman–Crippen MR) is 76.1 cm³/mol. The third-order valence-electron chi connectivity index (χ3n) is 4.13. The van der Waals surface area contributed by atoms with Crippen molar-refractivity contribution >= 4 is 5.91 Å². The smallest absolute Gasteiger partial charge is 0.221 e. The van der Waals surface area contributed by atoms with Crippen molar-refractivity contribution in [2.75, 3.05) is 6.54 Å². The molecule has 5 heteroatoms. The van der Waals surface area contributed by atoms with Crippen LogP contribution in [0, 0.1) is 11.7 Å². The Bertz CT molecular complexity index is 492. The van der Waals surface area contributed by atoms with Gasteiger partial charge in [0.25, 0.3) is 0 Å². The van der Waals surface area contributed by atoms with Gasteiger partial charge in [-0.15, -0.1) is 0 Å². The number of benzene rings is 1. The summed E-state index contributed by atoms with van der Waals surface area (Å²) in [5, 5.41) is 0. The third kappa shape index (κ3) is 3.35. The van der Waals surface area contributed by atoms with Gasteiger partial charge in [-0.25, -0.2) is 4.39 Å². The maximum Gasteiger partial charge on any atom is 0.221 e. The number of carbonyl (C=O) groups is 1. The topological polar surface area (TPSA) is 72.4 Å². The Balaban J connectivity index is 2.13. The van der Waals surface area contributed by atoms with Gasteiger partial charge in [0.1, 0.15) is 5.82 Å². The third-order valence-corrected chi connectivity index (χ3v) is 4.13. The lowest BCUT2D eigenvalue weighted by atomic mass is 9.92. The highest BCUT2D eigenvalue weighted by Gasteiger charge is 2.28. The van der Waals surface area contributed by atoms with Crippen molar-refractivity contribution in [3.05, 3.63) is 35.1 Å². The predicted octanol–water partition coefficient (Wildman–Crippen LogP) is 1.37. The van der Waals surface area contributed by atoms with Crippen LogP contribution >= 0.6 is 0 Å². The summed E-state index contributed by atoms with van der Waals surface area (Å²) in [6.45, 7) is 3.59. The number of rotatable bonds is 4. The van der Waals surface area contributed by atoms with Gasteiger partial charge >= 0.3 is 0 Å². The fourth-order valence-electron chi connectivity index (χ4n) is 2.73. The first kappa shape index (κ1) is 14.9. The number of nitrogens with two attached hydrogens (primary N) is 2. The van der Waals surface area contributed by atoms with Gasteiger partial charge in [0, 0.05) is 31.2 Å². The second-order valence-corrected chi connectivity index (χ2v) is 5.58. The molecule has 0 aliphatic carbocycles. The molecule has 0 saturated carbocycles. The molecule has 20 heavy (non-hydrogen) atoms. The number of piperidine rings is 1. The van der Waals surface area contributed by atoms with Crippen molar-refractivity contribution in [1.82, 2.24) is 4.90 Å². The van der Waals surface area contributed by atoms with E-state index in [0.29, 0.717) is 31.2 Å².